The van der Waals surface area contributed by atoms with E-state index < -0.39 is 6.10 Å². The summed E-state index contributed by atoms with van der Waals surface area (Å²) in [7, 11) is 0. The Hall–Kier alpha value is -0.860. The van der Waals surface area contributed by atoms with Gasteiger partial charge in [-0.15, -0.1) is 0 Å². The van der Waals surface area contributed by atoms with E-state index >= 15 is 0 Å². The molecule has 0 radical (unpaired) electrons. The summed E-state index contributed by atoms with van der Waals surface area (Å²) in [6.07, 6.45) is 0.490. The molecule has 2 nitrogen and oxygen atoms in total. The zero-order chi connectivity index (χ0) is 13.3. The van der Waals surface area contributed by atoms with Crippen molar-refractivity contribution in [2.45, 2.75) is 51.7 Å². The standard InChI is InChI=1S/C16H24O2/c1-11-9-10-18-15(11)14(17)12-5-7-13(8-6-12)16(2,3)4/h5-8,11,14-15,17H,9-10H2,1-4H3. The van der Waals surface area contributed by atoms with Gasteiger partial charge in [0.25, 0.3) is 0 Å². The third kappa shape index (κ3) is 2.76. The molecule has 0 aliphatic carbocycles. The fraction of sp³-hybridized carbons (Fsp3) is 0.625. The van der Waals surface area contributed by atoms with Crippen LogP contribution in [0, 0.1) is 5.92 Å². The van der Waals surface area contributed by atoms with Crippen LogP contribution in [0.5, 0.6) is 0 Å². The zero-order valence-corrected chi connectivity index (χ0v) is 11.8. The quantitative estimate of drug-likeness (QED) is 0.868. The Morgan fingerprint density at radius 2 is 1.83 bits per heavy atom. The van der Waals surface area contributed by atoms with E-state index in [1.165, 1.54) is 5.56 Å². The van der Waals surface area contributed by atoms with Crippen LogP contribution >= 0.6 is 0 Å². The lowest BCUT2D eigenvalue weighted by atomic mass is 9.85. The van der Waals surface area contributed by atoms with Crippen LogP contribution in [-0.2, 0) is 10.2 Å². The number of hydrogen-bond acceptors (Lipinski definition) is 2. The third-order valence-corrected chi connectivity index (χ3v) is 3.87. The van der Waals surface area contributed by atoms with Gasteiger partial charge in [-0.2, -0.15) is 0 Å². The molecule has 0 amide bonds. The first kappa shape index (κ1) is 13.6. The monoisotopic (exact) mass is 248 g/mol. The first-order valence-electron chi connectivity index (χ1n) is 6.79. The summed E-state index contributed by atoms with van der Waals surface area (Å²) in [6.45, 7) is 9.50. The van der Waals surface area contributed by atoms with E-state index in [0.717, 1.165) is 18.6 Å². The summed E-state index contributed by atoms with van der Waals surface area (Å²) in [5.41, 5.74) is 2.40. The minimum atomic E-state index is -0.503. The predicted molar refractivity (Wildman–Crippen MR) is 73.6 cm³/mol. The lowest BCUT2D eigenvalue weighted by molar-refractivity contribution is -0.0178. The fourth-order valence-corrected chi connectivity index (χ4v) is 2.49. The molecule has 3 unspecified atom stereocenters. The summed E-state index contributed by atoms with van der Waals surface area (Å²) < 4.78 is 5.63. The highest BCUT2D eigenvalue weighted by Crippen LogP contribution is 2.32. The molecule has 3 atom stereocenters. The maximum Gasteiger partial charge on any atom is 0.105 e. The van der Waals surface area contributed by atoms with Gasteiger partial charge in [-0.25, -0.2) is 0 Å². The topological polar surface area (TPSA) is 29.5 Å². The van der Waals surface area contributed by atoms with Crippen LogP contribution in [0.15, 0.2) is 24.3 Å². The van der Waals surface area contributed by atoms with Gasteiger partial charge in [-0.1, -0.05) is 52.0 Å². The van der Waals surface area contributed by atoms with Crippen LogP contribution in [-0.4, -0.2) is 17.8 Å². The molecule has 1 fully saturated rings. The summed E-state index contributed by atoms with van der Waals surface area (Å²) in [6, 6.07) is 8.27. The third-order valence-electron chi connectivity index (χ3n) is 3.87. The van der Waals surface area contributed by atoms with E-state index in [1.54, 1.807) is 0 Å². The second-order valence-electron chi connectivity index (χ2n) is 6.42. The Kier molecular flexibility index (Phi) is 3.79. The minimum Gasteiger partial charge on any atom is -0.386 e. The van der Waals surface area contributed by atoms with Crippen molar-refractivity contribution in [3.63, 3.8) is 0 Å². The lowest BCUT2D eigenvalue weighted by Crippen LogP contribution is -2.23. The average Bonchev–Trinajstić information content (AvgIpc) is 2.73. The van der Waals surface area contributed by atoms with Crippen LogP contribution in [0.1, 0.15) is 51.3 Å². The molecule has 0 saturated carbocycles. The van der Waals surface area contributed by atoms with E-state index in [9.17, 15) is 5.11 Å². The van der Waals surface area contributed by atoms with Crippen LogP contribution in [0.25, 0.3) is 0 Å². The fourth-order valence-electron chi connectivity index (χ4n) is 2.49. The summed E-state index contributed by atoms with van der Waals surface area (Å²) >= 11 is 0. The van der Waals surface area contributed by atoms with Crippen molar-refractivity contribution in [2.75, 3.05) is 6.61 Å². The molecule has 0 aromatic heterocycles. The van der Waals surface area contributed by atoms with Crippen LogP contribution in [0.4, 0.5) is 0 Å². The smallest absolute Gasteiger partial charge is 0.105 e. The van der Waals surface area contributed by atoms with Gasteiger partial charge in [0, 0.05) is 6.61 Å². The van der Waals surface area contributed by atoms with Gasteiger partial charge in [0.2, 0.25) is 0 Å². The molecule has 0 spiro atoms. The SMILES string of the molecule is CC1CCOC1C(O)c1ccc(C(C)(C)C)cc1. The molecule has 0 bridgehead atoms. The molecule has 1 heterocycles. The first-order valence-corrected chi connectivity index (χ1v) is 6.79. The van der Waals surface area contributed by atoms with E-state index in [1.807, 2.05) is 12.1 Å². The van der Waals surface area contributed by atoms with Crippen LogP contribution in [0.2, 0.25) is 0 Å². The Labute approximate surface area is 110 Å². The molecular weight excluding hydrogens is 224 g/mol. The van der Waals surface area contributed by atoms with Crippen molar-refractivity contribution < 1.29 is 9.84 Å². The van der Waals surface area contributed by atoms with E-state index in [2.05, 4.69) is 39.8 Å². The van der Waals surface area contributed by atoms with Crippen molar-refractivity contribution in [3.05, 3.63) is 35.4 Å². The van der Waals surface area contributed by atoms with Gasteiger partial charge in [-0.3, -0.25) is 0 Å². The van der Waals surface area contributed by atoms with Crippen LogP contribution < -0.4 is 0 Å². The maximum absolute atomic E-state index is 10.4. The highest BCUT2D eigenvalue weighted by Gasteiger charge is 2.31. The van der Waals surface area contributed by atoms with Crippen molar-refractivity contribution in [3.8, 4) is 0 Å². The van der Waals surface area contributed by atoms with Gasteiger partial charge in [0.05, 0.1) is 6.10 Å². The van der Waals surface area contributed by atoms with Crippen molar-refractivity contribution in [1.29, 1.82) is 0 Å². The second kappa shape index (κ2) is 5.02. The molecule has 100 valence electrons. The van der Waals surface area contributed by atoms with Gasteiger partial charge in [0.1, 0.15) is 6.10 Å². The Balaban J connectivity index is 2.14. The van der Waals surface area contributed by atoms with E-state index in [-0.39, 0.29) is 11.5 Å². The van der Waals surface area contributed by atoms with E-state index in [0.29, 0.717) is 5.92 Å². The molecule has 1 aliphatic heterocycles. The summed E-state index contributed by atoms with van der Waals surface area (Å²) in [4.78, 5) is 0. The predicted octanol–water partition coefficient (Wildman–Crippen LogP) is 3.44. The largest absolute Gasteiger partial charge is 0.386 e. The van der Waals surface area contributed by atoms with Crippen molar-refractivity contribution in [2.24, 2.45) is 5.92 Å². The van der Waals surface area contributed by atoms with Crippen molar-refractivity contribution >= 4 is 0 Å². The number of hydrogen-bond donors (Lipinski definition) is 1. The molecule has 18 heavy (non-hydrogen) atoms. The van der Waals surface area contributed by atoms with Gasteiger partial charge in [0.15, 0.2) is 0 Å². The molecule has 1 saturated heterocycles. The summed E-state index contributed by atoms with van der Waals surface area (Å²) in [5.74, 6) is 0.433. The van der Waals surface area contributed by atoms with Gasteiger partial charge < -0.3 is 9.84 Å². The maximum atomic E-state index is 10.4. The number of ether oxygens (including phenoxy) is 1. The second-order valence-corrected chi connectivity index (χ2v) is 6.42. The Morgan fingerprint density at radius 3 is 2.28 bits per heavy atom. The lowest BCUT2D eigenvalue weighted by Gasteiger charge is -2.23. The van der Waals surface area contributed by atoms with Gasteiger partial charge >= 0.3 is 0 Å². The highest BCUT2D eigenvalue weighted by atomic mass is 16.5. The van der Waals surface area contributed by atoms with Gasteiger partial charge in [-0.05, 0) is 28.9 Å². The average molecular weight is 248 g/mol. The van der Waals surface area contributed by atoms with Crippen LogP contribution in [0.3, 0.4) is 0 Å². The molecule has 1 aromatic carbocycles. The zero-order valence-electron chi connectivity index (χ0n) is 11.8. The Morgan fingerprint density at radius 1 is 1.22 bits per heavy atom. The highest BCUT2D eigenvalue weighted by molar-refractivity contribution is 5.29. The molecule has 1 aromatic rings. The number of aliphatic hydroxyl groups is 1. The molecule has 1 aliphatic rings. The number of aliphatic hydroxyl groups excluding tert-OH is 1. The number of rotatable bonds is 2. The molecular formula is C16H24O2. The van der Waals surface area contributed by atoms with Crippen molar-refractivity contribution in [1.82, 2.24) is 0 Å². The molecule has 2 heteroatoms. The molecule has 2 rings (SSSR count). The first-order chi connectivity index (χ1) is 8.39. The van der Waals surface area contributed by atoms with E-state index in [4.69, 9.17) is 4.74 Å². The minimum absolute atomic E-state index is 0.0505. The summed E-state index contributed by atoms with van der Waals surface area (Å²) in [5, 5.41) is 10.4. The number of benzene rings is 1. The normalized spacial score (nSPS) is 26.3. The molecule has 1 N–H and O–H groups in total. The Bertz CT molecular complexity index is 389.